The number of benzene rings is 4. The fourth-order valence-electron chi connectivity index (χ4n) is 6.12. The van der Waals surface area contributed by atoms with Gasteiger partial charge in [0, 0.05) is 23.7 Å². The molecule has 3 aromatic heterocycles. The second-order valence-electron chi connectivity index (χ2n) is 11.8. The predicted octanol–water partition coefficient (Wildman–Crippen LogP) is 6.72. The number of aromatic nitrogens is 7. The van der Waals surface area contributed by atoms with Crippen LogP contribution in [0.3, 0.4) is 0 Å². The Morgan fingerprint density at radius 1 is 0.846 bits per heavy atom. The standard InChI is InChI=1S/C37H35ClN8O4S2/c1-4-43(5-2)52(48,49)30-14-10-13-26(21-30)34-40-42-37(44(34)23-25-11-8-7-9-12-25)51-24-33-39-41-36-45(28-16-18-29(19-17-28)50-6-3)35(47)31-20-15-27(38)22-32(31)46(33)36/h7-22H,4-6,23-24H2,1-3H3. The number of hydrogen-bond donors (Lipinski definition) is 0. The average molecular weight is 755 g/mol. The number of halogens is 1. The van der Waals surface area contributed by atoms with Gasteiger partial charge < -0.3 is 4.74 Å². The van der Waals surface area contributed by atoms with Crippen LogP contribution in [-0.2, 0) is 22.3 Å². The van der Waals surface area contributed by atoms with Crippen molar-refractivity contribution in [3.8, 4) is 22.8 Å². The monoisotopic (exact) mass is 754 g/mol. The van der Waals surface area contributed by atoms with Crippen molar-refractivity contribution in [2.75, 3.05) is 19.7 Å². The van der Waals surface area contributed by atoms with Gasteiger partial charge in [-0.1, -0.05) is 79.7 Å². The number of thioether (sulfide) groups is 1. The smallest absolute Gasteiger partial charge is 0.267 e. The molecule has 0 amide bonds. The molecule has 0 aliphatic rings. The summed E-state index contributed by atoms with van der Waals surface area (Å²) in [5.74, 6) is 2.42. The van der Waals surface area contributed by atoms with E-state index in [2.05, 4.69) is 20.4 Å². The molecule has 15 heteroatoms. The maximum atomic E-state index is 13.9. The molecule has 0 saturated heterocycles. The molecule has 0 aliphatic heterocycles. The van der Waals surface area contributed by atoms with Gasteiger partial charge in [-0.3, -0.25) is 13.8 Å². The van der Waals surface area contributed by atoms with E-state index in [1.807, 2.05) is 90.4 Å². The number of sulfonamides is 1. The largest absolute Gasteiger partial charge is 0.494 e. The van der Waals surface area contributed by atoms with Crippen molar-refractivity contribution in [3.05, 3.63) is 124 Å². The summed E-state index contributed by atoms with van der Waals surface area (Å²) in [7, 11) is -3.70. The Balaban J connectivity index is 1.31. The summed E-state index contributed by atoms with van der Waals surface area (Å²) < 4.78 is 39.2. The Morgan fingerprint density at radius 2 is 1.62 bits per heavy atom. The fourth-order valence-corrected chi connectivity index (χ4v) is 8.64. The zero-order valence-corrected chi connectivity index (χ0v) is 31.1. The number of hydrogen-bond acceptors (Lipinski definition) is 9. The van der Waals surface area contributed by atoms with Crippen LogP contribution < -0.4 is 10.3 Å². The van der Waals surface area contributed by atoms with Gasteiger partial charge in [-0.25, -0.2) is 13.0 Å². The maximum Gasteiger partial charge on any atom is 0.267 e. The van der Waals surface area contributed by atoms with Crippen LogP contribution in [0.15, 0.2) is 112 Å². The van der Waals surface area contributed by atoms with E-state index in [4.69, 9.17) is 16.3 Å². The van der Waals surface area contributed by atoms with E-state index in [1.165, 1.54) is 20.6 Å². The van der Waals surface area contributed by atoms with Crippen molar-refractivity contribution in [1.82, 2.24) is 38.2 Å². The minimum absolute atomic E-state index is 0.191. The van der Waals surface area contributed by atoms with Gasteiger partial charge in [0.05, 0.1) is 40.4 Å². The van der Waals surface area contributed by atoms with Crippen molar-refractivity contribution in [2.24, 2.45) is 0 Å². The molecule has 0 aliphatic carbocycles. The molecule has 12 nitrogen and oxygen atoms in total. The second-order valence-corrected chi connectivity index (χ2v) is 15.1. The molecule has 0 bridgehead atoms. The van der Waals surface area contributed by atoms with Gasteiger partial charge in [0.1, 0.15) is 11.6 Å². The van der Waals surface area contributed by atoms with Crippen LogP contribution >= 0.6 is 23.4 Å². The van der Waals surface area contributed by atoms with Crippen LogP contribution in [0.2, 0.25) is 5.02 Å². The van der Waals surface area contributed by atoms with Gasteiger partial charge in [-0.15, -0.1) is 20.4 Å². The van der Waals surface area contributed by atoms with Crippen LogP contribution in [0.1, 0.15) is 32.2 Å². The number of fused-ring (bicyclic) bond motifs is 3. The molecule has 0 radical (unpaired) electrons. The van der Waals surface area contributed by atoms with Crippen LogP contribution in [0.25, 0.3) is 33.8 Å². The molecule has 52 heavy (non-hydrogen) atoms. The van der Waals surface area contributed by atoms with E-state index in [0.29, 0.717) is 87.5 Å². The quantitative estimate of drug-likeness (QED) is 0.118. The molecule has 0 spiro atoms. The maximum absolute atomic E-state index is 13.9. The summed E-state index contributed by atoms with van der Waals surface area (Å²) in [6.45, 7) is 7.24. The molecule has 7 aromatic rings. The van der Waals surface area contributed by atoms with Gasteiger partial charge in [-0.05, 0) is 67.1 Å². The topological polar surface area (TPSA) is 130 Å². The lowest BCUT2D eigenvalue weighted by Crippen LogP contribution is -2.30. The highest BCUT2D eigenvalue weighted by Gasteiger charge is 2.24. The SMILES string of the molecule is CCOc1ccc(-n2c(=O)c3ccc(Cl)cc3n3c(CSc4nnc(-c5cccc(S(=O)(=O)N(CC)CC)c5)n4Cc4ccccc4)nnc23)cc1. The van der Waals surface area contributed by atoms with Crippen LogP contribution in [0.5, 0.6) is 5.75 Å². The fraction of sp³-hybridized carbons (Fsp3) is 0.216. The molecule has 0 N–H and O–H groups in total. The van der Waals surface area contributed by atoms with Crippen LogP contribution in [-0.4, -0.2) is 66.3 Å². The van der Waals surface area contributed by atoms with Gasteiger partial charge in [-0.2, -0.15) is 4.31 Å². The number of rotatable bonds is 13. The van der Waals surface area contributed by atoms with Crippen molar-refractivity contribution in [1.29, 1.82) is 0 Å². The Morgan fingerprint density at radius 3 is 2.35 bits per heavy atom. The molecule has 0 saturated carbocycles. The van der Waals surface area contributed by atoms with E-state index in [-0.39, 0.29) is 10.5 Å². The van der Waals surface area contributed by atoms with Gasteiger partial charge in [0.25, 0.3) is 5.56 Å². The number of nitrogens with zero attached hydrogens (tertiary/aromatic N) is 8. The molecule has 0 unspecified atom stereocenters. The van der Waals surface area contributed by atoms with E-state index >= 15 is 0 Å². The molecular weight excluding hydrogens is 720 g/mol. The second kappa shape index (κ2) is 14.9. The zero-order chi connectivity index (χ0) is 36.4. The van der Waals surface area contributed by atoms with E-state index in [9.17, 15) is 13.2 Å². The summed E-state index contributed by atoms with van der Waals surface area (Å²) >= 11 is 7.86. The van der Waals surface area contributed by atoms with Crippen molar-refractivity contribution in [2.45, 2.75) is 43.1 Å². The molecule has 7 rings (SSSR count). The van der Waals surface area contributed by atoms with Crippen LogP contribution in [0.4, 0.5) is 0 Å². The van der Waals surface area contributed by atoms with Gasteiger partial charge >= 0.3 is 0 Å². The highest BCUT2D eigenvalue weighted by Crippen LogP contribution is 2.30. The molecule has 0 fully saturated rings. The van der Waals surface area contributed by atoms with E-state index in [1.54, 1.807) is 36.4 Å². The van der Waals surface area contributed by atoms with Gasteiger partial charge in [0.2, 0.25) is 15.8 Å². The minimum atomic E-state index is -3.70. The van der Waals surface area contributed by atoms with E-state index in [0.717, 1.165) is 5.56 Å². The summed E-state index contributed by atoms with van der Waals surface area (Å²) in [5.41, 5.74) is 2.57. The van der Waals surface area contributed by atoms with Crippen molar-refractivity contribution >= 4 is 50.1 Å². The third kappa shape index (κ3) is 6.70. The first-order valence-corrected chi connectivity index (χ1v) is 19.6. The van der Waals surface area contributed by atoms with Crippen molar-refractivity contribution in [3.63, 3.8) is 0 Å². The zero-order valence-electron chi connectivity index (χ0n) is 28.7. The molecule has 266 valence electrons. The predicted molar refractivity (Wildman–Crippen MR) is 203 cm³/mol. The first kappa shape index (κ1) is 35.4. The summed E-state index contributed by atoms with van der Waals surface area (Å²) in [6, 6.07) is 29.1. The third-order valence-electron chi connectivity index (χ3n) is 8.62. The van der Waals surface area contributed by atoms with Gasteiger partial charge in [0.15, 0.2) is 11.0 Å². The normalized spacial score (nSPS) is 11.9. The molecule has 0 atom stereocenters. The molecular formula is C37H35ClN8O4S2. The summed E-state index contributed by atoms with van der Waals surface area (Å²) in [5, 5.41) is 19.7. The third-order valence-corrected chi connectivity index (χ3v) is 11.9. The Labute approximate surface area is 309 Å². The van der Waals surface area contributed by atoms with Crippen molar-refractivity contribution < 1.29 is 13.2 Å². The molecule has 3 heterocycles. The highest BCUT2D eigenvalue weighted by atomic mass is 35.5. The van der Waals surface area contributed by atoms with E-state index < -0.39 is 10.0 Å². The first-order valence-electron chi connectivity index (χ1n) is 16.8. The Kier molecular flexibility index (Phi) is 10.1. The lowest BCUT2D eigenvalue weighted by molar-refractivity contribution is 0.340. The minimum Gasteiger partial charge on any atom is -0.494 e. The number of ether oxygens (including phenoxy) is 1. The Hall–Kier alpha value is -5.02. The summed E-state index contributed by atoms with van der Waals surface area (Å²) in [6.07, 6.45) is 0. The summed E-state index contributed by atoms with van der Waals surface area (Å²) in [4.78, 5) is 14.1. The Bertz CT molecular complexity index is 2550. The first-order chi connectivity index (χ1) is 25.2. The van der Waals surface area contributed by atoms with Crippen LogP contribution in [0, 0.1) is 0 Å². The lowest BCUT2D eigenvalue weighted by Gasteiger charge is -2.19. The average Bonchev–Trinajstić information content (AvgIpc) is 3.76. The lowest BCUT2D eigenvalue weighted by atomic mass is 10.2. The highest BCUT2D eigenvalue weighted by molar-refractivity contribution is 7.98. The molecule has 4 aromatic carbocycles.